The van der Waals surface area contributed by atoms with Crippen molar-refractivity contribution in [2.75, 3.05) is 18.4 Å². The first-order chi connectivity index (χ1) is 13.1. The quantitative estimate of drug-likeness (QED) is 0.674. The van der Waals surface area contributed by atoms with Gasteiger partial charge in [0.1, 0.15) is 11.4 Å². The van der Waals surface area contributed by atoms with Gasteiger partial charge < -0.3 is 15.0 Å². The predicted octanol–water partition coefficient (Wildman–Crippen LogP) is 5.96. The first kappa shape index (κ1) is 26.0. The van der Waals surface area contributed by atoms with Crippen molar-refractivity contribution in [1.29, 1.82) is 0 Å². The molecule has 1 aromatic rings. The molecule has 28 heavy (non-hydrogen) atoms. The van der Waals surface area contributed by atoms with E-state index in [1.54, 1.807) is 25.7 Å². The van der Waals surface area contributed by atoms with Crippen LogP contribution in [0.1, 0.15) is 66.9 Å². The highest BCUT2D eigenvalue weighted by molar-refractivity contribution is 5.69. The van der Waals surface area contributed by atoms with Crippen LogP contribution in [0.25, 0.3) is 0 Å². The third kappa shape index (κ3) is 8.80. The number of anilines is 1. The Morgan fingerprint density at radius 3 is 2.29 bits per heavy atom. The number of ether oxygens (including phenoxy) is 1. The number of hydrogen-bond donors (Lipinski definition) is 1. The number of likely N-dealkylation sites (tertiary alicyclic amines) is 1. The Morgan fingerprint density at radius 2 is 1.82 bits per heavy atom. The van der Waals surface area contributed by atoms with Gasteiger partial charge in [-0.15, -0.1) is 0 Å². The molecule has 0 radical (unpaired) electrons. The number of nitrogens with one attached hydrogen (secondary N) is 1. The van der Waals surface area contributed by atoms with Gasteiger partial charge in [-0.25, -0.2) is 9.78 Å². The van der Waals surface area contributed by atoms with Gasteiger partial charge in [0.05, 0.1) is 11.6 Å². The number of carbonyl (C=O) groups excluding carboxylic acids is 1. The van der Waals surface area contributed by atoms with Gasteiger partial charge in [-0.2, -0.15) is 13.2 Å². The molecule has 1 fully saturated rings. The lowest BCUT2D eigenvalue weighted by molar-refractivity contribution is -0.137. The average molecular weight is 406 g/mol. The zero-order valence-electron chi connectivity index (χ0n) is 18.0. The number of rotatable bonds is 3. The smallest absolute Gasteiger partial charge is 0.417 e. The normalized spacial score (nSPS) is 16.4. The fourth-order valence-corrected chi connectivity index (χ4v) is 2.50. The van der Waals surface area contributed by atoms with Crippen LogP contribution in [-0.2, 0) is 10.9 Å². The molecule has 0 spiro atoms. The van der Waals surface area contributed by atoms with E-state index in [4.69, 9.17) is 4.74 Å². The summed E-state index contributed by atoms with van der Waals surface area (Å²) in [6, 6.07) is 2.20. The van der Waals surface area contributed by atoms with Crippen LogP contribution >= 0.6 is 0 Å². The zero-order valence-corrected chi connectivity index (χ0v) is 18.0. The molecule has 5 nitrogen and oxygen atoms in total. The molecule has 2 rings (SSSR count). The molecule has 1 unspecified atom stereocenters. The molecule has 1 aliphatic rings. The summed E-state index contributed by atoms with van der Waals surface area (Å²) >= 11 is 0. The summed E-state index contributed by atoms with van der Waals surface area (Å²) < 4.78 is 42.9. The van der Waals surface area contributed by atoms with Crippen molar-refractivity contribution < 1.29 is 22.7 Å². The highest BCUT2D eigenvalue weighted by Crippen LogP contribution is 2.29. The Hall–Kier alpha value is -1.99. The van der Waals surface area contributed by atoms with E-state index in [2.05, 4.69) is 10.3 Å². The van der Waals surface area contributed by atoms with Gasteiger partial charge >= 0.3 is 12.3 Å². The number of pyridine rings is 1. The summed E-state index contributed by atoms with van der Waals surface area (Å²) in [5.41, 5.74) is -1.35. The molecule has 0 aliphatic carbocycles. The fourth-order valence-electron chi connectivity index (χ4n) is 2.50. The summed E-state index contributed by atoms with van der Waals surface area (Å²) in [6.07, 6.45) is -2.29. The number of halogens is 3. The van der Waals surface area contributed by atoms with Crippen LogP contribution < -0.4 is 5.32 Å². The molecular weight excluding hydrogens is 371 g/mol. The van der Waals surface area contributed by atoms with Crippen molar-refractivity contribution in [3.05, 3.63) is 23.9 Å². The van der Waals surface area contributed by atoms with Crippen LogP contribution in [0.2, 0.25) is 0 Å². The number of hydrogen-bond acceptors (Lipinski definition) is 4. The largest absolute Gasteiger partial charge is 0.444 e. The lowest BCUT2D eigenvalue weighted by Gasteiger charge is -2.28. The second-order valence-corrected chi connectivity index (χ2v) is 6.78. The standard InChI is InChI=1S/C16H22F3N3O2.2C2H6/c1-15(2,3)24-14(23)22-8-4-5-12(22)10-21-13-7-6-11(9-20-13)16(17,18)19;2*1-2/h6-7,9,12H,4-5,8,10H2,1-3H3,(H,20,21);2*1-2H3. The number of amides is 1. The van der Waals surface area contributed by atoms with E-state index in [0.717, 1.165) is 25.1 Å². The fraction of sp³-hybridized carbons (Fsp3) is 0.700. The van der Waals surface area contributed by atoms with E-state index in [-0.39, 0.29) is 12.1 Å². The molecule has 0 saturated carbocycles. The van der Waals surface area contributed by atoms with Gasteiger partial charge in [0.15, 0.2) is 0 Å². The van der Waals surface area contributed by atoms with Gasteiger partial charge in [0, 0.05) is 19.3 Å². The summed E-state index contributed by atoms with van der Waals surface area (Å²) in [6.45, 7) is 14.4. The molecule has 2 heterocycles. The van der Waals surface area contributed by atoms with Crippen molar-refractivity contribution in [2.45, 2.75) is 79.1 Å². The zero-order chi connectivity index (χ0) is 22.0. The summed E-state index contributed by atoms with van der Waals surface area (Å²) in [5, 5.41) is 2.99. The van der Waals surface area contributed by atoms with E-state index in [1.807, 2.05) is 27.7 Å². The molecule has 1 atom stereocenters. The molecule has 1 saturated heterocycles. The van der Waals surface area contributed by atoms with Crippen molar-refractivity contribution >= 4 is 11.9 Å². The molecule has 1 N–H and O–H groups in total. The minimum absolute atomic E-state index is 0.0658. The van der Waals surface area contributed by atoms with Crippen LogP contribution in [0.4, 0.5) is 23.8 Å². The lowest BCUT2D eigenvalue weighted by atomic mass is 10.2. The van der Waals surface area contributed by atoms with Crippen molar-refractivity contribution in [1.82, 2.24) is 9.88 Å². The molecule has 0 aromatic carbocycles. The molecule has 1 amide bonds. The number of carbonyl (C=O) groups is 1. The second kappa shape index (κ2) is 11.8. The lowest BCUT2D eigenvalue weighted by Crippen LogP contribution is -2.42. The van der Waals surface area contributed by atoms with E-state index in [0.29, 0.717) is 18.9 Å². The molecule has 1 aliphatic heterocycles. The van der Waals surface area contributed by atoms with Crippen LogP contribution in [0.15, 0.2) is 18.3 Å². The number of aromatic nitrogens is 1. The Balaban J connectivity index is 0.00000171. The van der Waals surface area contributed by atoms with E-state index < -0.39 is 17.3 Å². The van der Waals surface area contributed by atoms with Gasteiger partial charge in [0.25, 0.3) is 0 Å². The molecule has 0 bridgehead atoms. The monoisotopic (exact) mass is 405 g/mol. The van der Waals surface area contributed by atoms with Crippen molar-refractivity contribution in [3.63, 3.8) is 0 Å². The maximum Gasteiger partial charge on any atom is 0.417 e. The highest BCUT2D eigenvalue weighted by atomic mass is 19.4. The van der Waals surface area contributed by atoms with Gasteiger partial charge in [-0.3, -0.25) is 0 Å². The minimum atomic E-state index is -4.40. The van der Waals surface area contributed by atoms with Gasteiger partial charge in [-0.05, 0) is 45.7 Å². The van der Waals surface area contributed by atoms with Crippen LogP contribution in [0.3, 0.4) is 0 Å². The molecule has 8 heteroatoms. The van der Waals surface area contributed by atoms with Crippen molar-refractivity contribution in [2.24, 2.45) is 0 Å². The third-order valence-corrected chi connectivity index (χ3v) is 3.61. The number of nitrogens with zero attached hydrogens (tertiary/aromatic N) is 2. The van der Waals surface area contributed by atoms with E-state index in [1.165, 1.54) is 6.07 Å². The topological polar surface area (TPSA) is 54.5 Å². The maximum atomic E-state index is 12.5. The molecule has 1 aromatic heterocycles. The number of alkyl halides is 3. The Bertz CT molecular complexity index is 570. The Morgan fingerprint density at radius 1 is 1.21 bits per heavy atom. The minimum Gasteiger partial charge on any atom is -0.444 e. The third-order valence-electron chi connectivity index (χ3n) is 3.61. The summed E-state index contributed by atoms with van der Waals surface area (Å²) in [5.74, 6) is 0.346. The van der Waals surface area contributed by atoms with Gasteiger partial charge in [0.2, 0.25) is 0 Å². The second-order valence-electron chi connectivity index (χ2n) is 6.78. The van der Waals surface area contributed by atoms with Crippen molar-refractivity contribution in [3.8, 4) is 0 Å². The summed E-state index contributed by atoms with van der Waals surface area (Å²) in [7, 11) is 0. The van der Waals surface area contributed by atoms with Crippen LogP contribution in [0, 0.1) is 0 Å². The maximum absolute atomic E-state index is 12.5. The Labute approximate surface area is 166 Å². The average Bonchev–Trinajstić information content (AvgIpc) is 3.10. The molecule has 162 valence electrons. The van der Waals surface area contributed by atoms with Gasteiger partial charge in [-0.1, -0.05) is 27.7 Å². The predicted molar refractivity (Wildman–Crippen MR) is 106 cm³/mol. The van der Waals surface area contributed by atoms with Crippen LogP contribution in [0.5, 0.6) is 0 Å². The molecular formula is C20H34F3N3O2. The highest BCUT2D eigenvalue weighted by Gasteiger charge is 2.32. The van der Waals surface area contributed by atoms with E-state index in [9.17, 15) is 18.0 Å². The SMILES string of the molecule is CC.CC.CC(C)(C)OC(=O)N1CCCC1CNc1ccc(C(F)(F)F)cn1. The van der Waals surface area contributed by atoms with E-state index >= 15 is 0 Å². The summed E-state index contributed by atoms with van der Waals surface area (Å²) in [4.78, 5) is 17.6. The van der Waals surface area contributed by atoms with Crippen LogP contribution in [-0.4, -0.2) is 40.7 Å². The Kier molecular flexibility index (Phi) is 10.9. The first-order valence-electron chi connectivity index (χ1n) is 9.83. The first-order valence-corrected chi connectivity index (χ1v) is 9.83.